The van der Waals surface area contributed by atoms with Crippen LogP contribution in [0.5, 0.6) is 0 Å². The summed E-state index contributed by atoms with van der Waals surface area (Å²) < 4.78 is 61.3. The number of rotatable bonds is 6. The molecule has 0 saturated heterocycles. The number of aryl methyl sites for hydroxylation is 1. The fourth-order valence-corrected chi connectivity index (χ4v) is 4.64. The molecule has 3 heterocycles. The number of alkyl halides is 3. The Labute approximate surface area is 212 Å². The van der Waals surface area contributed by atoms with Gasteiger partial charge in [-0.05, 0) is 48.0 Å². The third kappa shape index (κ3) is 3.97. The molecule has 38 heavy (non-hydrogen) atoms. The van der Waals surface area contributed by atoms with Gasteiger partial charge in [0.2, 0.25) is 5.60 Å². The summed E-state index contributed by atoms with van der Waals surface area (Å²) in [6.07, 6.45) is -2.98. The van der Waals surface area contributed by atoms with E-state index >= 15 is 0 Å². The normalized spacial score (nSPS) is 14.7. The summed E-state index contributed by atoms with van der Waals surface area (Å²) in [5.41, 5.74) is -4.55. The van der Waals surface area contributed by atoms with Crippen LogP contribution in [-0.4, -0.2) is 53.1 Å². The summed E-state index contributed by atoms with van der Waals surface area (Å²) in [5, 5.41) is 35.0. The molecular formula is C26H22F4N4O4. The Morgan fingerprint density at radius 3 is 2.45 bits per heavy atom. The average molecular weight is 530 g/mol. The highest BCUT2D eigenvalue weighted by atomic mass is 19.4. The van der Waals surface area contributed by atoms with Gasteiger partial charge in [0.05, 0.1) is 36.7 Å². The SMILES string of the molecule is Cn1ccc2c(C(O)(c3ccc4c(cnn4-c4ccc(F)cc4)c3)C(F)(F)F)cn(CC(O)CO)c2c1=O. The molecule has 0 bridgehead atoms. The molecule has 3 aromatic heterocycles. The lowest BCUT2D eigenvalue weighted by molar-refractivity contribution is -0.247. The van der Waals surface area contributed by atoms with Crippen molar-refractivity contribution < 1.29 is 32.9 Å². The Hall–Kier alpha value is -4.00. The van der Waals surface area contributed by atoms with Crippen LogP contribution in [0.3, 0.4) is 0 Å². The highest BCUT2D eigenvalue weighted by molar-refractivity contribution is 5.86. The topological polar surface area (TPSA) is 105 Å². The molecule has 0 aliphatic rings. The van der Waals surface area contributed by atoms with Gasteiger partial charge in [-0.2, -0.15) is 18.3 Å². The summed E-state index contributed by atoms with van der Waals surface area (Å²) in [7, 11) is 1.42. The number of pyridine rings is 1. The van der Waals surface area contributed by atoms with E-state index in [1.165, 1.54) is 60.5 Å². The highest BCUT2D eigenvalue weighted by Crippen LogP contribution is 2.47. The Balaban J connectivity index is 1.73. The molecule has 0 radical (unpaired) electrons. The predicted octanol–water partition coefficient (Wildman–Crippen LogP) is 2.97. The molecule has 0 spiro atoms. The van der Waals surface area contributed by atoms with Gasteiger partial charge in [-0.3, -0.25) is 4.79 Å². The minimum atomic E-state index is -5.22. The molecule has 0 saturated carbocycles. The van der Waals surface area contributed by atoms with Gasteiger partial charge in [0, 0.05) is 35.8 Å². The van der Waals surface area contributed by atoms with Crippen molar-refractivity contribution in [1.82, 2.24) is 18.9 Å². The summed E-state index contributed by atoms with van der Waals surface area (Å²) in [4.78, 5) is 12.9. The first-order valence-corrected chi connectivity index (χ1v) is 11.5. The minimum absolute atomic E-state index is 0.153. The molecule has 2 aromatic carbocycles. The zero-order valence-corrected chi connectivity index (χ0v) is 19.9. The van der Waals surface area contributed by atoms with Gasteiger partial charge in [-0.25, -0.2) is 9.07 Å². The Morgan fingerprint density at radius 1 is 1.08 bits per heavy atom. The second-order valence-electron chi connectivity index (χ2n) is 9.04. The lowest BCUT2D eigenvalue weighted by Crippen LogP contribution is -2.43. The molecule has 5 aromatic rings. The quantitative estimate of drug-likeness (QED) is 0.293. The molecule has 3 N–H and O–H groups in total. The van der Waals surface area contributed by atoms with E-state index in [0.717, 1.165) is 27.5 Å². The van der Waals surface area contributed by atoms with Crippen LogP contribution < -0.4 is 5.56 Å². The van der Waals surface area contributed by atoms with Crippen LogP contribution in [0, 0.1) is 5.82 Å². The molecule has 0 aliphatic heterocycles. The van der Waals surface area contributed by atoms with E-state index in [4.69, 9.17) is 0 Å². The van der Waals surface area contributed by atoms with Crippen molar-refractivity contribution >= 4 is 21.8 Å². The van der Waals surface area contributed by atoms with Gasteiger partial charge in [0.25, 0.3) is 5.56 Å². The average Bonchev–Trinajstić information content (AvgIpc) is 3.47. The zero-order valence-electron chi connectivity index (χ0n) is 19.9. The number of nitrogens with zero attached hydrogens (tertiary/aromatic N) is 4. The summed E-state index contributed by atoms with van der Waals surface area (Å²) in [5.74, 6) is -0.455. The molecule has 0 fully saturated rings. The molecule has 8 nitrogen and oxygen atoms in total. The Kier molecular flexibility index (Phi) is 6.13. The second kappa shape index (κ2) is 9.08. The maximum atomic E-state index is 14.7. The van der Waals surface area contributed by atoms with Gasteiger partial charge < -0.3 is 24.5 Å². The molecule has 5 rings (SSSR count). The number of hydrogen-bond acceptors (Lipinski definition) is 5. The van der Waals surface area contributed by atoms with Gasteiger partial charge in [-0.1, -0.05) is 6.07 Å². The summed E-state index contributed by atoms with van der Waals surface area (Å²) >= 11 is 0. The van der Waals surface area contributed by atoms with Crippen molar-refractivity contribution in [3.8, 4) is 5.69 Å². The van der Waals surface area contributed by atoms with Crippen LogP contribution in [0.15, 0.2) is 71.9 Å². The fraction of sp³-hybridized carbons (Fsp3) is 0.231. The van der Waals surface area contributed by atoms with Crippen molar-refractivity contribution in [2.45, 2.75) is 24.4 Å². The number of aromatic nitrogens is 4. The summed E-state index contributed by atoms with van der Waals surface area (Å²) in [6, 6.07) is 10.3. The summed E-state index contributed by atoms with van der Waals surface area (Å²) in [6.45, 7) is -1.05. The van der Waals surface area contributed by atoms with E-state index in [-0.39, 0.29) is 22.8 Å². The van der Waals surface area contributed by atoms with Gasteiger partial charge in [0.15, 0.2) is 0 Å². The van der Waals surface area contributed by atoms with Crippen molar-refractivity contribution in [2.24, 2.45) is 7.05 Å². The van der Waals surface area contributed by atoms with Crippen molar-refractivity contribution in [3.63, 3.8) is 0 Å². The molecule has 2 unspecified atom stereocenters. The molecule has 0 aliphatic carbocycles. The predicted molar refractivity (Wildman–Crippen MR) is 130 cm³/mol. The van der Waals surface area contributed by atoms with Crippen LogP contribution in [0.1, 0.15) is 11.1 Å². The van der Waals surface area contributed by atoms with Gasteiger partial charge in [-0.15, -0.1) is 0 Å². The lowest BCUT2D eigenvalue weighted by atomic mass is 9.85. The number of halogens is 4. The van der Waals surface area contributed by atoms with Crippen LogP contribution in [-0.2, 0) is 19.2 Å². The molecular weight excluding hydrogens is 508 g/mol. The van der Waals surface area contributed by atoms with Crippen LogP contribution >= 0.6 is 0 Å². The largest absolute Gasteiger partial charge is 0.425 e. The van der Waals surface area contributed by atoms with E-state index in [2.05, 4.69) is 5.10 Å². The monoisotopic (exact) mass is 530 g/mol. The third-order valence-electron chi connectivity index (χ3n) is 6.58. The minimum Gasteiger partial charge on any atom is -0.394 e. The number of aliphatic hydroxyl groups is 3. The maximum absolute atomic E-state index is 14.7. The van der Waals surface area contributed by atoms with Crippen LogP contribution in [0.4, 0.5) is 17.6 Å². The first-order valence-electron chi connectivity index (χ1n) is 11.5. The standard InChI is InChI=1S/C26H22F4N4O4/c1-32-9-8-20-21(13-33(12-19(36)14-35)23(20)24(32)37)25(38,26(28,29)30)16-2-7-22-15(10-16)11-31-34(22)18-5-3-17(27)4-6-18/h2-11,13,19,35-36,38H,12,14H2,1H3. The first kappa shape index (κ1) is 25.6. The van der Waals surface area contributed by atoms with Crippen molar-refractivity contribution in [1.29, 1.82) is 0 Å². The maximum Gasteiger partial charge on any atom is 0.425 e. The third-order valence-corrected chi connectivity index (χ3v) is 6.58. The smallest absolute Gasteiger partial charge is 0.394 e. The van der Waals surface area contributed by atoms with E-state index in [0.29, 0.717) is 11.2 Å². The van der Waals surface area contributed by atoms with Crippen molar-refractivity contribution in [2.75, 3.05) is 6.61 Å². The number of benzene rings is 2. The van der Waals surface area contributed by atoms with E-state index < -0.39 is 47.0 Å². The Morgan fingerprint density at radius 2 is 1.79 bits per heavy atom. The van der Waals surface area contributed by atoms with Gasteiger partial charge >= 0.3 is 6.18 Å². The molecule has 12 heteroatoms. The highest BCUT2D eigenvalue weighted by Gasteiger charge is 2.57. The number of fused-ring (bicyclic) bond motifs is 2. The van der Waals surface area contributed by atoms with Crippen molar-refractivity contribution in [3.05, 3.63) is 94.4 Å². The molecule has 2 atom stereocenters. The van der Waals surface area contributed by atoms with E-state index in [9.17, 15) is 37.7 Å². The van der Waals surface area contributed by atoms with Crippen LogP contribution in [0.2, 0.25) is 0 Å². The first-order chi connectivity index (χ1) is 18.0. The van der Waals surface area contributed by atoms with Crippen LogP contribution in [0.25, 0.3) is 27.5 Å². The fourth-order valence-electron chi connectivity index (χ4n) is 4.64. The zero-order chi connectivity index (χ0) is 27.4. The van der Waals surface area contributed by atoms with Gasteiger partial charge in [0.1, 0.15) is 11.3 Å². The lowest BCUT2D eigenvalue weighted by Gasteiger charge is -2.31. The van der Waals surface area contributed by atoms with E-state index in [1.54, 1.807) is 0 Å². The van der Waals surface area contributed by atoms with E-state index in [1.807, 2.05) is 0 Å². The number of aliphatic hydroxyl groups excluding tert-OH is 2. The molecule has 198 valence electrons. The Bertz CT molecular complexity index is 1710. The second-order valence-corrected chi connectivity index (χ2v) is 9.04. The number of hydrogen-bond donors (Lipinski definition) is 3. The molecule has 0 amide bonds.